The fraction of sp³-hybridized carbons (Fsp3) is 0.333. The molecule has 0 aliphatic carbocycles. The van der Waals surface area contributed by atoms with Gasteiger partial charge in [0.2, 0.25) is 0 Å². The van der Waals surface area contributed by atoms with Crippen molar-refractivity contribution in [1.82, 2.24) is 5.32 Å². The van der Waals surface area contributed by atoms with E-state index >= 15 is 0 Å². The van der Waals surface area contributed by atoms with Crippen LogP contribution in [0.3, 0.4) is 0 Å². The minimum Gasteiger partial charge on any atom is -0.464 e. The van der Waals surface area contributed by atoms with Gasteiger partial charge in [-0.2, -0.15) is 13.2 Å². The van der Waals surface area contributed by atoms with Crippen molar-refractivity contribution < 1.29 is 32.2 Å². The van der Waals surface area contributed by atoms with Crippen molar-refractivity contribution in [2.24, 2.45) is 0 Å². The van der Waals surface area contributed by atoms with Crippen LogP contribution in [0, 0.1) is 0 Å². The highest BCUT2D eigenvalue weighted by molar-refractivity contribution is 5.92. The molecule has 1 amide bonds. The van der Waals surface area contributed by atoms with Gasteiger partial charge in [0.15, 0.2) is 0 Å². The van der Waals surface area contributed by atoms with Gasteiger partial charge >= 0.3 is 18.2 Å². The number of nitrogens with one attached hydrogen (secondary N) is 1. The Labute approximate surface area is 131 Å². The normalized spacial score (nSPS) is 11.7. The summed E-state index contributed by atoms with van der Waals surface area (Å²) in [6.07, 6.45) is -5.95. The van der Waals surface area contributed by atoms with Crippen LogP contribution in [0.25, 0.3) is 0 Å². The lowest BCUT2D eigenvalue weighted by atomic mass is 10.2. The zero-order valence-corrected chi connectivity index (χ0v) is 12.4. The summed E-state index contributed by atoms with van der Waals surface area (Å²) in [6, 6.07) is 8.77. The van der Waals surface area contributed by atoms with Gasteiger partial charge in [0.25, 0.3) is 0 Å². The SMILES string of the molecule is COC(=O)/C(=C\CCC(F)(F)F)NC(=O)OCc1ccccc1. The van der Waals surface area contributed by atoms with Crippen LogP contribution >= 0.6 is 0 Å². The van der Waals surface area contributed by atoms with E-state index < -0.39 is 36.8 Å². The van der Waals surface area contributed by atoms with Gasteiger partial charge in [0.1, 0.15) is 12.3 Å². The molecule has 1 aromatic rings. The molecule has 0 saturated heterocycles. The van der Waals surface area contributed by atoms with Crippen LogP contribution in [0.1, 0.15) is 18.4 Å². The van der Waals surface area contributed by atoms with Gasteiger partial charge in [-0.1, -0.05) is 36.4 Å². The highest BCUT2D eigenvalue weighted by Gasteiger charge is 2.26. The number of amides is 1. The number of alkyl halides is 3. The minimum absolute atomic E-state index is 0.0380. The molecule has 23 heavy (non-hydrogen) atoms. The van der Waals surface area contributed by atoms with Gasteiger partial charge in [-0.05, 0) is 12.0 Å². The second kappa shape index (κ2) is 8.82. The molecule has 0 heterocycles. The maximum absolute atomic E-state index is 12.1. The number of esters is 1. The van der Waals surface area contributed by atoms with E-state index in [9.17, 15) is 22.8 Å². The molecule has 8 heteroatoms. The largest absolute Gasteiger partial charge is 0.464 e. The molecule has 0 aromatic heterocycles. The fourth-order valence-electron chi connectivity index (χ4n) is 1.54. The summed E-state index contributed by atoms with van der Waals surface area (Å²) in [4.78, 5) is 23.0. The van der Waals surface area contributed by atoms with Crippen LogP contribution in [0.2, 0.25) is 0 Å². The third-order valence-electron chi connectivity index (χ3n) is 2.63. The maximum atomic E-state index is 12.1. The van der Waals surface area contributed by atoms with Crippen molar-refractivity contribution in [2.45, 2.75) is 25.6 Å². The lowest BCUT2D eigenvalue weighted by Crippen LogP contribution is -2.28. The number of benzene rings is 1. The first-order chi connectivity index (χ1) is 10.8. The van der Waals surface area contributed by atoms with Gasteiger partial charge in [-0.15, -0.1) is 0 Å². The zero-order chi connectivity index (χ0) is 17.3. The van der Waals surface area contributed by atoms with E-state index in [1.807, 2.05) is 0 Å². The fourth-order valence-corrected chi connectivity index (χ4v) is 1.54. The first-order valence-electron chi connectivity index (χ1n) is 6.65. The summed E-state index contributed by atoms with van der Waals surface area (Å²) >= 11 is 0. The van der Waals surface area contributed by atoms with Crippen LogP contribution in [0.15, 0.2) is 42.1 Å². The standard InChI is InChI=1S/C15H16F3NO4/c1-22-13(20)12(8-5-9-15(16,17)18)19-14(21)23-10-11-6-3-2-4-7-11/h2-4,6-8H,5,9-10H2,1H3,(H,19,21)/b12-8+. The molecule has 126 valence electrons. The first kappa shape index (κ1) is 18.5. The summed E-state index contributed by atoms with van der Waals surface area (Å²) in [5, 5.41) is 2.08. The molecule has 1 aromatic carbocycles. The number of methoxy groups -OCH3 is 1. The number of ether oxygens (including phenoxy) is 2. The van der Waals surface area contributed by atoms with E-state index in [0.717, 1.165) is 18.7 Å². The quantitative estimate of drug-likeness (QED) is 0.641. The topological polar surface area (TPSA) is 64.6 Å². The number of rotatable bonds is 6. The van der Waals surface area contributed by atoms with E-state index in [0.29, 0.717) is 0 Å². The molecule has 0 fully saturated rings. The van der Waals surface area contributed by atoms with E-state index in [-0.39, 0.29) is 6.61 Å². The number of carbonyl (C=O) groups excluding carboxylic acids is 2. The Morgan fingerprint density at radius 3 is 2.43 bits per heavy atom. The second-order valence-electron chi connectivity index (χ2n) is 4.45. The van der Waals surface area contributed by atoms with Crippen LogP contribution in [0.4, 0.5) is 18.0 Å². The van der Waals surface area contributed by atoms with Gasteiger partial charge < -0.3 is 9.47 Å². The van der Waals surface area contributed by atoms with E-state index in [4.69, 9.17) is 4.74 Å². The van der Waals surface area contributed by atoms with Gasteiger partial charge in [-0.25, -0.2) is 9.59 Å². The number of hydrogen-bond donors (Lipinski definition) is 1. The molecule has 0 aliphatic heterocycles. The van der Waals surface area contributed by atoms with Crippen molar-refractivity contribution in [3.63, 3.8) is 0 Å². The van der Waals surface area contributed by atoms with Crippen LogP contribution < -0.4 is 5.32 Å². The Morgan fingerprint density at radius 1 is 1.22 bits per heavy atom. The van der Waals surface area contributed by atoms with Crippen LogP contribution in [-0.2, 0) is 20.9 Å². The summed E-state index contributed by atoms with van der Waals surface area (Å²) in [5.41, 5.74) is 0.332. The highest BCUT2D eigenvalue weighted by atomic mass is 19.4. The molecule has 1 N–H and O–H groups in total. The average Bonchev–Trinajstić information content (AvgIpc) is 2.51. The number of halogens is 3. The molecule has 5 nitrogen and oxygen atoms in total. The molecule has 0 unspecified atom stereocenters. The Balaban J connectivity index is 2.57. The molecule has 1 rings (SSSR count). The van der Waals surface area contributed by atoms with Gasteiger partial charge in [-0.3, -0.25) is 5.32 Å². The second-order valence-corrected chi connectivity index (χ2v) is 4.45. The number of alkyl carbamates (subject to hydrolysis) is 1. The van der Waals surface area contributed by atoms with Crippen molar-refractivity contribution in [3.05, 3.63) is 47.7 Å². The minimum atomic E-state index is -4.36. The molecular weight excluding hydrogens is 315 g/mol. The lowest BCUT2D eigenvalue weighted by Gasteiger charge is -2.10. The molecule has 0 saturated carbocycles. The Kier molecular flexibility index (Phi) is 7.11. The Hall–Kier alpha value is -2.51. The van der Waals surface area contributed by atoms with Crippen LogP contribution in [0.5, 0.6) is 0 Å². The molecule has 0 spiro atoms. The predicted molar refractivity (Wildman–Crippen MR) is 75.2 cm³/mol. The highest BCUT2D eigenvalue weighted by Crippen LogP contribution is 2.21. The van der Waals surface area contributed by atoms with Gasteiger partial charge in [0, 0.05) is 6.42 Å². The Morgan fingerprint density at radius 2 is 1.87 bits per heavy atom. The van der Waals surface area contributed by atoms with Crippen molar-refractivity contribution in [1.29, 1.82) is 0 Å². The molecular formula is C15H16F3NO4. The summed E-state index contributed by atoms with van der Waals surface area (Å²) in [6.45, 7) is -0.0380. The van der Waals surface area contributed by atoms with Crippen molar-refractivity contribution in [3.8, 4) is 0 Å². The monoisotopic (exact) mass is 331 g/mol. The summed E-state index contributed by atoms with van der Waals surface area (Å²) in [7, 11) is 1.05. The number of hydrogen-bond acceptors (Lipinski definition) is 4. The predicted octanol–water partition coefficient (Wildman–Crippen LogP) is 3.31. The van der Waals surface area contributed by atoms with Crippen molar-refractivity contribution in [2.75, 3.05) is 7.11 Å². The molecule has 0 radical (unpaired) electrons. The van der Waals surface area contributed by atoms with Crippen molar-refractivity contribution >= 4 is 12.1 Å². The molecule has 0 aliphatic rings. The average molecular weight is 331 g/mol. The zero-order valence-electron chi connectivity index (χ0n) is 12.4. The molecule has 0 atom stereocenters. The number of allylic oxidation sites excluding steroid dienone is 1. The summed E-state index contributed by atoms with van der Waals surface area (Å²) < 4.78 is 45.6. The smallest absolute Gasteiger partial charge is 0.412 e. The third kappa shape index (κ3) is 7.89. The van der Waals surface area contributed by atoms with Gasteiger partial charge in [0.05, 0.1) is 7.11 Å². The lowest BCUT2D eigenvalue weighted by molar-refractivity contribution is -0.137. The molecule has 0 bridgehead atoms. The van der Waals surface area contributed by atoms with E-state index in [1.165, 1.54) is 0 Å². The number of carbonyl (C=O) groups is 2. The first-order valence-corrected chi connectivity index (χ1v) is 6.65. The van der Waals surface area contributed by atoms with E-state index in [1.54, 1.807) is 30.3 Å². The summed E-state index contributed by atoms with van der Waals surface area (Å²) in [5.74, 6) is -0.955. The third-order valence-corrected chi connectivity index (χ3v) is 2.63. The Bertz CT molecular complexity index is 556. The maximum Gasteiger partial charge on any atom is 0.412 e. The van der Waals surface area contributed by atoms with E-state index in [2.05, 4.69) is 10.1 Å². The van der Waals surface area contributed by atoms with Crippen LogP contribution in [-0.4, -0.2) is 25.3 Å².